The number of carbonyl (C=O) groups is 1. The van der Waals surface area contributed by atoms with E-state index in [0.29, 0.717) is 6.54 Å². The second-order valence-corrected chi connectivity index (χ2v) is 4.35. The van der Waals surface area contributed by atoms with Crippen LogP contribution < -0.4 is 5.32 Å². The van der Waals surface area contributed by atoms with Crippen LogP contribution in [-0.2, 0) is 16.1 Å². The summed E-state index contributed by atoms with van der Waals surface area (Å²) in [7, 11) is 1.50. The molecule has 1 heterocycles. The molecule has 1 rings (SSSR count). The molecule has 0 spiro atoms. The van der Waals surface area contributed by atoms with Gasteiger partial charge in [-0.3, -0.25) is 4.79 Å². The average molecular weight is 253 g/mol. The van der Waals surface area contributed by atoms with Gasteiger partial charge in [0.15, 0.2) is 0 Å². The monoisotopic (exact) mass is 253 g/mol. The fraction of sp³-hybridized carbons (Fsp3) is 0.417. The molecule has 1 unspecified atom stereocenters. The fourth-order valence-electron chi connectivity index (χ4n) is 1.11. The third-order valence-electron chi connectivity index (χ3n) is 2.13. The highest BCUT2D eigenvalue weighted by atomic mass is 32.1. The maximum Gasteiger partial charge on any atom is 0.249 e. The molecule has 92 valence electrons. The number of thiophene rings is 1. The van der Waals surface area contributed by atoms with Crippen LogP contribution in [0.1, 0.15) is 17.4 Å². The number of aliphatic hydroxyl groups excluding tert-OH is 1. The first-order valence-electron chi connectivity index (χ1n) is 5.15. The van der Waals surface area contributed by atoms with Crippen LogP contribution in [-0.4, -0.2) is 30.8 Å². The highest BCUT2D eigenvalue weighted by Gasteiger charge is 2.10. The number of hydrogen-bond acceptors (Lipinski definition) is 4. The molecule has 0 saturated carbocycles. The van der Waals surface area contributed by atoms with Crippen LogP contribution in [0, 0.1) is 11.8 Å². The zero-order chi connectivity index (χ0) is 12.7. The minimum Gasteiger partial charge on any atom is -0.384 e. The number of ether oxygens (including phenoxy) is 1. The van der Waals surface area contributed by atoms with E-state index in [9.17, 15) is 4.79 Å². The van der Waals surface area contributed by atoms with Gasteiger partial charge in [-0.1, -0.05) is 11.8 Å². The fourth-order valence-corrected chi connectivity index (χ4v) is 1.86. The quantitative estimate of drug-likeness (QED) is 0.778. The van der Waals surface area contributed by atoms with E-state index in [2.05, 4.69) is 17.2 Å². The molecule has 2 N–H and O–H groups in total. The SMILES string of the molecule is COC(C)C(=O)NCc1cc(C#CCO)cs1. The molecule has 1 aromatic heterocycles. The Hall–Kier alpha value is -1.35. The molecule has 0 aromatic carbocycles. The maximum absolute atomic E-state index is 11.4. The van der Waals surface area contributed by atoms with Gasteiger partial charge in [0, 0.05) is 22.9 Å². The number of amides is 1. The molecule has 17 heavy (non-hydrogen) atoms. The van der Waals surface area contributed by atoms with Crippen molar-refractivity contribution in [2.75, 3.05) is 13.7 Å². The molecular formula is C12H15NO3S. The summed E-state index contributed by atoms with van der Waals surface area (Å²) >= 11 is 1.52. The van der Waals surface area contributed by atoms with Crippen LogP contribution in [0.15, 0.2) is 11.4 Å². The zero-order valence-electron chi connectivity index (χ0n) is 9.82. The molecule has 0 radical (unpaired) electrons. The van der Waals surface area contributed by atoms with Gasteiger partial charge in [0.25, 0.3) is 0 Å². The number of aliphatic hydroxyl groups is 1. The molecule has 4 nitrogen and oxygen atoms in total. The van der Waals surface area contributed by atoms with Crippen molar-refractivity contribution < 1.29 is 14.6 Å². The number of methoxy groups -OCH3 is 1. The van der Waals surface area contributed by atoms with Crippen LogP contribution in [0.25, 0.3) is 0 Å². The van der Waals surface area contributed by atoms with E-state index < -0.39 is 6.10 Å². The number of hydrogen-bond donors (Lipinski definition) is 2. The van der Waals surface area contributed by atoms with Gasteiger partial charge in [-0.15, -0.1) is 11.3 Å². The normalized spacial score (nSPS) is 11.5. The summed E-state index contributed by atoms with van der Waals surface area (Å²) in [5, 5.41) is 13.2. The minimum absolute atomic E-state index is 0.135. The minimum atomic E-state index is -0.441. The first kappa shape index (κ1) is 13.7. The van der Waals surface area contributed by atoms with Crippen LogP contribution in [0.2, 0.25) is 0 Å². The van der Waals surface area contributed by atoms with E-state index in [4.69, 9.17) is 9.84 Å². The summed E-state index contributed by atoms with van der Waals surface area (Å²) in [6.07, 6.45) is -0.441. The Labute approximate surface area is 105 Å². The molecule has 0 bridgehead atoms. The Bertz CT molecular complexity index is 430. The highest BCUT2D eigenvalue weighted by molar-refractivity contribution is 7.10. The highest BCUT2D eigenvalue weighted by Crippen LogP contribution is 2.13. The second-order valence-electron chi connectivity index (χ2n) is 3.36. The molecule has 0 fully saturated rings. The van der Waals surface area contributed by atoms with Crippen molar-refractivity contribution in [2.45, 2.75) is 19.6 Å². The third kappa shape index (κ3) is 4.57. The van der Waals surface area contributed by atoms with Crippen LogP contribution >= 0.6 is 11.3 Å². The molecule has 1 atom stereocenters. The van der Waals surface area contributed by atoms with Gasteiger partial charge in [-0.2, -0.15) is 0 Å². The summed E-state index contributed by atoms with van der Waals surface area (Å²) in [5.41, 5.74) is 0.855. The van der Waals surface area contributed by atoms with Crippen molar-refractivity contribution in [2.24, 2.45) is 0 Å². The van der Waals surface area contributed by atoms with E-state index in [1.54, 1.807) is 6.92 Å². The molecular weight excluding hydrogens is 238 g/mol. The van der Waals surface area contributed by atoms with Gasteiger partial charge in [-0.25, -0.2) is 0 Å². The van der Waals surface area contributed by atoms with Crippen molar-refractivity contribution in [3.05, 3.63) is 21.9 Å². The van der Waals surface area contributed by atoms with Crippen molar-refractivity contribution >= 4 is 17.2 Å². The lowest BCUT2D eigenvalue weighted by molar-refractivity contribution is -0.130. The second kappa shape index (κ2) is 7.07. The van der Waals surface area contributed by atoms with E-state index in [-0.39, 0.29) is 12.5 Å². The Kier molecular flexibility index (Phi) is 5.70. The molecule has 1 amide bonds. The molecule has 0 aliphatic rings. The molecule has 0 aliphatic heterocycles. The predicted octanol–water partition coefficient (Wildman–Crippen LogP) is 0.743. The molecule has 0 aliphatic carbocycles. The van der Waals surface area contributed by atoms with E-state index in [0.717, 1.165) is 10.4 Å². The van der Waals surface area contributed by atoms with Crippen molar-refractivity contribution in [3.8, 4) is 11.8 Å². The van der Waals surface area contributed by atoms with E-state index >= 15 is 0 Å². The Morgan fingerprint density at radius 1 is 1.71 bits per heavy atom. The van der Waals surface area contributed by atoms with Gasteiger partial charge in [0.2, 0.25) is 5.91 Å². The summed E-state index contributed by atoms with van der Waals surface area (Å²) < 4.78 is 4.90. The standard InChI is InChI=1S/C12H15NO3S/c1-9(16-2)12(15)13-7-11-6-10(8-17-11)4-3-5-14/h6,8-9,14H,5,7H2,1-2H3,(H,13,15). The third-order valence-corrected chi connectivity index (χ3v) is 3.06. The van der Waals surface area contributed by atoms with Gasteiger partial charge in [0.1, 0.15) is 12.7 Å². The zero-order valence-corrected chi connectivity index (χ0v) is 10.6. The summed E-state index contributed by atoms with van der Waals surface area (Å²) in [6.45, 7) is 2.02. The van der Waals surface area contributed by atoms with Crippen LogP contribution in [0.5, 0.6) is 0 Å². The number of rotatable bonds is 4. The largest absolute Gasteiger partial charge is 0.384 e. The lowest BCUT2D eigenvalue weighted by Gasteiger charge is -2.08. The Balaban J connectivity index is 2.47. The van der Waals surface area contributed by atoms with E-state index in [1.807, 2.05) is 11.4 Å². The van der Waals surface area contributed by atoms with Gasteiger partial charge >= 0.3 is 0 Å². The Morgan fingerprint density at radius 2 is 2.47 bits per heavy atom. The first-order chi connectivity index (χ1) is 8.17. The van der Waals surface area contributed by atoms with Gasteiger partial charge in [-0.05, 0) is 13.0 Å². The van der Waals surface area contributed by atoms with Gasteiger partial charge in [0.05, 0.1) is 6.54 Å². The number of carbonyl (C=O) groups excluding carboxylic acids is 1. The van der Waals surface area contributed by atoms with Crippen molar-refractivity contribution in [1.29, 1.82) is 0 Å². The Morgan fingerprint density at radius 3 is 3.12 bits per heavy atom. The van der Waals surface area contributed by atoms with Crippen LogP contribution in [0.4, 0.5) is 0 Å². The molecule has 0 saturated heterocycles. The lowest BCUT2D eigenvalue weighted by atomic mass is 10.3. The maximum atomic E-state index is 11.4. The summed E-state index contributed by atoms with van der Waals surface area (Å²) in [6, 6.07) is 1.89. The lowest BCUT2D eigenvalue weighted by Crippen LogP contribution is -2.33. The predicted molar refractivity (Wildman–Crippen MR) is 66.6 cm³/mol. The summed E-state index contributed by atoms with van der Waals surface area (Å²) in [4.78, 5) is 12.5. The van der Waals surface area contributed by atoms with Crippen molar-refractivity contribution in [1.82, 2.24) is 5.32 Å². The van der Waals surface area contributed by atoms with Gasteiger partial charge < -0.3 is 15.2 Å². The first-order valence-corrected chi connectivity index (χ1v) is 6.03. The van der Waals surface area contributed by atoms with E-state index in [1.165, 1.54) is 18.4 Å². The van der Waals surface area contributed by atoms with Crippen molar-refractivity contribution in [3.63, 3.8) is 0 Å². The smallest absolute Gasteiger partial charge is 0.249 e. The van der Waals surface area contributed by atoms with Crippen LogP contribution in [0.3, 0.4) is 0 Å². The molecule has 5 heteroatoms. The summed E-state index contributed by atoms with van der Waals surface area (Å²) in [5.74, 6) is 5.25. The number of nitrogens with one attached hydrogen (secondary N) is 1. The molecule has 1 aromatic rings. The average Bonchev–Trinajstić information content (AvgIpc) is 2.80. The topological polar surface area (TPSA) is 58.6 Å².